The Bertz CT molecular complexity index is 239. The summed E-state index contributed by atoms with van der Waals surface area (Å²) < 4.78 is 0. The molecule has 0 radical (unpaired) electrons. The van der Waals surface area contributed by atoms with E-state index in [9.17, 15) is 4.79 Å². The quantitative estimate of drug-likeness (QED) is 0.730. The Hall–Kier alpha value is -0.370. The van der Waals surface area contributed by atoms with Crippen LogP contribution in [0, 0.1) is 5.92 Å². The molecule has 0 bridgehead atoms. The molecule has 0 N–H and O–H groups in total. The van der Waals surface area contributed by atoms with Crippen LogP contribution < -0.4 is 0 Å². The highest BCUT2D eigenvalue weighted by Gasteiger charge is 2.34. The Morgan fingerprint density at radius 1 is 1.18 bits per heavy atom. The number of rotatable bonds is 5. The molecule has 2 nitrogen and oxygen atoms in total. The fraction of sp³-hybridized carbons (Fsp3) is 0.933. The normalized spacial score (nSPS) is 20.9. The van der Waals surface area contributed by atoms with Crippen LogP contribution in [0.3, 0.4) is 0 Å². The van der Waals surface area contributed by atoms with Gasteiger partial charge in [-0.2, -0.15) is 0 Å². The Kier molecular flexibility index (Phi) is 5.64. The summed E-state index contributed by atoms with van der Waals surface area (Å²) in [6, 6.07) is 0. The molecule has 0 amide bonds. The Morgan fingerprint density at radius 2 is 1.71 bits per heavy atom. The Labute approximate surface area is 107 Å². The highest BCUT2D eigenvalue weighted by atomic mass is 16.1. The van der Waals surface area contributed by atoms with Crippen molar-refractivity contribution >= 4 is 5.78 Å². The van der Waals surface area contributed by atoms with E-state index in [0.717, 1.165) is 25.9 Å². The molecule has 0 aromatic heterocycles. The topological polar surface area (TPSA) is 20.3 Å². The first-order valence-electron chi connectivity index (χ1n) is 7.26. The summed E-state index contributed by atoms with van der Waals surface area (Å²) in [5.41, 5.74) is -0.256. The minimum Gasteiger partial charge on any atom is -0.298 e. The van der Waals surface area contributed by atoms with Crippen molar-refractivity contribution in [3.05, 3.63) is 0 Å². The van der Waals surface area contributed by atoms with E-state index in [-0.39, 0.29) is 5.54 Å². The highest BCUT2D eigenvalue weighted by molar-refractivity contribution is 5.87. The van der Waals surface area contributed by atoms with Crippen LogP contribution in [0.25, 0.3) is 0 Å². The van der Waals surface area contributed by atoms with Gasteiger partial charge in [-0.3, -0.25) is 9.69 Å². The van der Waals surface area contributed by atoms with Gasteiger partial charge in [0.05, 0.1) is 5.54 Å². The number of carbonyl (C=O) groups excluding carboxylic acids is 1. The van der Waals surface area contributed by atoms with Gasteiger partial charge in [-0.05, 0) is 45.7 Å². The van der Waals surface area contributed by atoms with E-state index in [1.54, 1.807) is 0 Å². The van der Waals surface area contributed by atoms with Crippen LogP contribution in [0.5, 0.6) is 0 Å². The van der Waals surface area contributed by atoms with E-state index in [4.69, 9.17) is 0 Å². The monoisotopic (exact) mass is 239 g/mol. The summed E-state index contributed by atoms with van der Waals surface area (Å²) in [7, 11) is 0. The molecule has 0 saturated carbocycles. The number of ketones is 1. The second-order valence-electron chi connectivity index (χ2n) is 6.10. The molecular weight excluding hydrogens is 210 g/mol. The maximum Gasteiger partial charge on any atom is 0.152 e. The lowest BCUT2D eigenvalue weighted by atomic mass is 9.89. The molecule has 1 fully saturated rings. The molecule has 0 aromatic rings. The van der Waals surface area contributed by atoms with Crippen molar-refractivity contribution in [2.45, 2.75) is 71.8 Å². The number of likely N-dealkylation sites (tertiary alicyclic amines) is 1. The van der Waals surface area contributed by atoms with Crippen LogP contribution in [0.2, 0.25) is 0 Å². The van der Waals surface area contributed by atoms with Gasteiger partial charge in [0.15, 0.2) is 5.78 Å². The number of hydrogen-bond acceptors (Lipinski definition) is 2. The molecule has 0 spiro atoms. The van der Waals surface area contributed by atoms with E-state index in [2.05, 4.69) is 32.6 Å². The predicted molar refractivity (Wildman–Crippen MR) is 73.2 cm³/mol. The van der Waals surface area contributed by atoms with E-state index in [0.29, 0.717) is 11.7 Å². The van der Waals surface area contributed by atoms with Crippen molar-refractivity contribution < 1.29 is 4.79 Å². The smallest absolute Gasteiger partial charge is 0.152 e. The molecule has 0 aliphatic carbocycles. The summed E-state index contributed by atoms with van der Waals surface area (Å²) in [4.78, 5) is 14.8. The molecular formula is C15H29NO. The molecule has 2 heteroatoms. The average Bonchev–Trinajstić information content (AvgIpc) is 2.57. The average molecular weight is 239 g/mol. The summed E-state index contributed by atoms with van der Waals surface area (Å²) in [6.45, 7) is 10.8. The van der Waals surface area contributed by atoms with Crippen LogP contribution >= 0.6 is 0 Å². The second kappa shape index (κ2) is 6.53. The number of Topliss-reactive ketones (excluding diaryl/α,β-unsaturated/α-hetero) is 1. The van der Waals surface area contributed by atoms with Crippen LogP contribution in [0.1, 0.15) is 66.2 Å². The molecule has 1 unspecified atom stereocenters. The van der Waals surface area contributed by atoms with E-state index < -0.39 is 0 Å². The van der Waals surface area contributed by atoms with Gasteiger partial charge in [-0.1, -0.05) is 33.1 Å². The van der Waals surface area contributed by atoms with Crippen molar-refractivity contribution in [3.63, 3.8) is 0 Å². The molecule has 1 atom stereocenters. The molecule has 1 aliphatic rings. The Balaban J connectivity index is 2.60. The lowest BCUT2D eigenvalue weighted by Gasteiger charge is -2.37. The summed E-state index contributed by atoms with van der Waals surface area (Å²) in [5, 5.41) is 0. The van der Waals surface area contributed by atoms with Crippen LogP contribution in [-0.2, 0) is 4.79 Å². The zero-order chi connectivity index (χ0) is 12.9. The van der Waals surface area contributed by atoms with Gasteiger partial charge >= 0.3 is 0 Å². The first-order chi connectivity index (χ1) is 7.98. The maximum atomic E-state index is 12.4. The zero-order valence-electron chi connectivity index (χ0n) is 12.1. The third-order valence-electron chi connectivity index (χ3n) is 4.31. The van der Waals surface area contributed by atoms with Crippen molar-refractivity contribution in [3.8, 4) is 0 Å². The lowest BCUT2D eigenvalue weighted by Crippen LogP contribution is -2.50. The largest absolute Gasteiger partial charge is 0.298 e. The zero-order valence-corrected chi connectivity index (χ0v) is 12.1. The minimum absolute atomic E-state index is 0.256. The first kappa shape index (κ1) is 14.7. The van der Waals surface area contributed by atoms with Gasteiger partial charge in [0, 0.05) is 6.42 Å². The molecule has 1 heterocycles. The van der Waals surface area contributed by atoms with Gasteiger partial charge < -0.3 is 0 Å². The van der Waals surface area contributed by atoms with Gasteiger partial charge in [0.25, 0.3) is 0 Å². The molecule has 17 heavy (non-hydrogen) atoms. The van der Waals surface area contributed by atoms with Crippen molar-refractivity contribution in [1.29, 1.82) is 0 Å². The number of nitrogens with zero attached hydrogens (tertiary/aromatic N) is 1. The van der Waals surface area contributed by atoms with Crippen LogP contribution in [0.4, 0.5) is 0 Å². The lowest BCUT2D eigenvalue weighted by molar-refractivity contribution is -0.130. The highest BCUT2D eigenvalue weighted by Crippen LogP contribution is 2.24. The van der Waals surface area contributed by atoms with Gasteiger partial charge in [0.2, 0.25) is 0 Å². The Morgan fingerprint density at radius 3 is 2.18 bits per heavy atom. The van der Waals surface area contributed by atoms with Crippen LogP contribution in [-0.4, -0.2) is 29.3 Å². The number of carbonyl (C=O) groups is 1. The SMILES string of the molecule is CCC(C)CC(=O)C(C)(C)N1CCCCCC1. The molecule has 1 rings (SSSR count). The minimum atomic E-state index is -0.256. The predicted octanol–water partition coefficient (Wildman–Crippen LogP) is 3.65. The third-order valence-corrected chi connectivity index (χ3v) is 4.31. The first-order valence-corrected chi connectivity index (χ1v) is 7.26. The van der Waals surface area contributed by atoms with Gasteiger partial charge in [-0.25, -0.2) is 0 Å². The standard InChI is InChI=1S/C15H29NO/c1-5-13(2)12-14(17)15(3,4)16-10-8-6-7-9-11-16/h13H,5-12H2,1-4H3. The van der Waals surface area contributed by atoms with Gasteiger partial charge in [0.1, 0.15) is 0 Å². The van der Waals surface area contributed by atoms with E-state index in [1.807, 2.05) is 0 Å². The molecule has 100 valence electrons. The molecule has 1 aliphatic heterocycles. The maximum absolute atomic E-state index is 12.4. The van der Waals surface area contributed by atoms with Crippen molar-refractivity contribution in [2.75, 3.05) is 13.1 Å². The third kappa shape index (κ3) is 4.09. The second-order valence-corrected chi connectivity index (χ2v) is 6.10. The fourth-order valence-electron chi connectivity index (χ4n) is 2.52. The summed E-state index contributed by atoms with van der Waals surface area (Å²) in [5.74, 6) is 0.947. The van der Waals surface area contributed by atoms with Crippen molar-refractivity contribution in [2.24, 2.45) is 5.92 Å². The van der Waals surface area contributed by atoms with Gasteiger partial charge in [-0.15, -0.1) is 0 Å². The van der Waals surface area contributed by atoms with E-state index in [1.165, 1.54) is 25.7 Å². The summed E-state index contributed by atoms with van der Waals surface area (Å²) in [6.07, 6.45) is 6.99. The fourth-order valence-corrected chi connectivity index (χ4v) is 2.52. The summed E-state index contributed by atoms with van der Waals surface area (Å²) >= 11 is 0. The molecule has 0 aromatic carbocycles. The van der Waals surface area contributed by atoms with E-state index >= 15 is 0 Å². The van der Waals surface area contributed by atoms with Crippen molar-refractivity contribution in [1.82, 2.24) is 4.90 Å². The van der Waals surface area contributed by atoms with Crippen LogP contribution in [0.15, 0.2) is 0 Å². The molecule has 1 saturated heterocycles. The number of hydrogen-bond donors (Lipinski definition) is 0.